The predicted octanol–water partition coefficient (Wildman–Crippen LogP) is 3.70. The quantitative estimate of drug-likeness (QED) is 0.764. The number of methoxy groups -OCH3 is 3. The summed E-state index contributed by atoms with van der Waals surface area (Å²) in [5.74, 6) is 1.38. The Morgan fingerprint density at radius 2 is 1.68 bits per heavy atom. The summed E-state index contributed by atoms with van der Waals surface area (Å²) in [5, 5.41) is 3.47. The molecule has 0 atom stereocenters. The molecule has 0 saturated carbocycles. The Morgan fingerprint density at radius 1 is 1.00 bits per heavy atom. The van der Waals surface area contributed by atoms with Gasteiger partial charge in [0, 0.05) is 23.2 Å². The zero-order chi connectivity index (χ0) is 18.2. The van der Waals surface area contributed by atoms with Crippen molar-refractivity contribution in [3.63, 3.8) is 0 Å². The summed E-state index contributed by atoms with van der Waals surface area (Å²) < 4.78 is 16.0. The molecule has 0 fully saturated rings. The zero-order valence-electron chi connectivity index (χ0n) is 14.3. The van der Waals surface area contributed by atoms with Crippen LogP contribution >= 0.6 is 11.6 Å². The molecule has 0 saturated heterocycles. The highest BCUT2D eigenvalue weighted by molar-refractivity contribution is 6.30. The minimum Gasteiger partial charge on any atom is -0.493 e. The minimum absolute atomic E-state index is 0.216. The van der Waals surface area contributed by atoms with Crippen LogP contribution < -0.4 is 19.5 Å². The molecule has 1 N–H and O–H groups in total. The Morgan fingerprint density at radius 3 is 2.28 bits per heavy atom. The molecule has 5 nitrogen and oxygen atoms in total. The molecule has 0 bridgehead atoms. The zero-order valence-corrected chi connectivity index (χ0v) is 15.1. The molecule has 0 unspecified atom stereocenters. The summed E-state index contributed by atoms with van der Waals surface area (Å²) in [6, 6.07) is 10.8. The number of carbonyl (C=O) groups excluding carboxylic acids is 1. The van der Waals surface area contributed by atoms with Gasteiger partial charge in [0.1, 0.15) is 0 Å². The van der Waals surface area contributed by atoms with Gasteiger partial charge >= 0.3 is 0 Å². The molecule has 6 heteroatoms. The number of hydrogen-bond donors (Lipinski definition) is 1. The Hall–Kier alpha value is -2.66. The maximum absolute atomic E-state index is 12.0. The molecule has 2 aromatic rings. The van der Waals surface area contributed by atoms with Crippen molar-refractivity contribution in [3.8, 4) is 17.2 Å². The van der Waals surface area contributed by atoms with Crippen LogP contribution in [0.1, 0.15) is 11.1 Å². The average Bonchev–Trinajstić information content (AvgIpc) is 2.64. The summed E-state index contributed by atoms with van der Waals surface area (Å²) in [7, 11) is 4.64. The van der Waals surface area contributed by atoms with E-state index in [0.717, 1.165) is 11.1 Å². The van der Waals surface area contributed by atoms with E-state index in [-0.39, 0.29) is 5.91 Å². The third kappa shape index (κ3) is 4.90. The van der Waals surface area contributed by atoms with E-state index in [0.29, 0.717) is 28.8 Å². The van der Waals surface area contributed by atoms with Gasteiger partial charge in [-0.15, -0.1) is 0 Å². The lowest BCUT2D eigenvalue weighted by Crippen LogP contribution is -2.20. The largest absolute Gasteiger partial charge is 0.493 e. The summed E-state index contributed by atoms with van der Waals surface area (Å²) in [4.78, 5) is 12.0. The van der Waals surface area contributed by atoms with Crippen molar-refractivity contribution in [3.05, 3.63) is 58.6 Å². The third-order valence-electron chi connectivity index (χ3n) is 3.54. The summed E-state index contributed by atoms with van der Waals surface area (Å²) in [6.07, 6.45) is 3.19. The van der Waals surface area contributed by atoms with Gasteiger partial charge in [-0.25, -0.2) is 0 Å². The van der Waals surface area contributed by atoms with Crippen molar-refractivity contribution in [1.82, 2.24) is 5.32 Å². The second-order valence-corrected chi connectivity index (χ2v) is 5.53. The monoisotopic (exact) mass is 361 g/mol. The van der Waals surface area contributed by atoms with Gasteiger partial charge in [0.25, 0.3) is 0 Å². The molecule has 0 aliphatic heterocycles. The molecule has 0 radical (unpaired) electrons. The first-order valence-electron chi connectivity index (χ1n) is 7.58. The highest BCUT2D eigenvalue weighted by atomic mass is 35.5. The van der Waals surface area contributed by atoms with Crippen LogP contribution in [0.3, 0.4) is 0 Å². The van der Waals surface area contributed by atoms with Gasteiger partial charge in [0.2, 0.25) is 11.7 Å². The van der Waals surface area contributed by atoms with Crippen LogP contribution in [-0.4, -0.2) is 27.2 Å². The lowest BCUT2D eigenvalue weighted by atomic mass is 10.1. The van der Waals surface area contributed by atoms with E-state index >= 15 is 0 Å². The van der Waals surface area contributed by atoms with Crippen LogP contribution in [-0.2, 0) is 11.3 Å². The number of halogens is 1. The maximum atomic E-state index is 12.0. The van der Waals surface area contributed by atoms with Crippen molar-refractivity contribution in [2.75, 3.05) is 21.3 Å². The number of amides is 1. The van der Waals surface area contributed by atoms with Crippen LogP contribution in [0, 0.1) is 0 Å². The van der Waals surface area contributed by atoms with Gasteiger partial charge in [-0.05, 0) is 35.9 Å². The van der Waals surface area contributed by atoms with Crippen molar-refractivity contribution >= 4 is 23.6 Å². The first-order valence-corrected chi connectivity index (χ1v) is 7.96. The average molecular weight is 362 g/mol. The van der Waals surface area contributed by atoms with E-state index < -0.39 is 0 Å². The van der Waals surface area contributed by atoms with E-state index in [2.05, 4.69) is 5.32 Å². The lowest BCUT2D eigenvalue weighted by Gasteiger charge is -2.15. The third-order valence-corrected chi connectivity index (χ3v) is 3.79. The number of benzene rings is 2. The van der Waals surface area contributed by atoms with Crippen LogP contribution in [0.25, 0.3) is 6.08 Å². The number of ether oxygens (including phenoxy) is 3. The predicted molar refractivity (Wildman–Crippen MR) is 98.4 cm³/mol. The Bertz CT molecular complexity index is 757. The maximum Gasteiger partial charge on any atom is 0.244 e. The number of rotatable bonds is 7. The van der Waals surface area contributed by atoms with Crippen molar-refractivity contribution in [2.24, 2.45) is 0 Å². The molecule has 132 valence electrons. The highest BCUT2D eigenvalue weighted by Crippen LogP contribution is 2.39. The minimum atomic E-state index is -0.216. The number of nitrogens with one attached hydrogen (secondary N) is 1. The second kappa shape index (κ2) is 8.99. The second-order valence-electron chi connectivity index (χ2n) is 5.10. The highest BCUT2D eigenvalue weighted by Gasteiger charge is 2.15. The fraction of sp³-hybridized carbons (Fsp3) is 0.211. The van der Waals surface area contributed by atoms with E-state index in [1.807, 2.05) is 18.2 Å². The summed E-state index contributed by atoms with van der Waals surface area (Å²) in [6.45, 7) is 0.299. The SMILES string of the molecule is COc1ccc(CNC(=O)/C=C/c2ccc(Cl)cc2)c(OC)c1OC. The first-order chi connectivity index (χ1) is 12.1. The molecule has 0 aromatic heterocycles. The van der Waals surface area contributed by atoms with Gasteiger partial charge in [0.15, 0.2) is 11.5 Å². The van der Waals surface area contributed by atoms with Crippen molar-refractivity contribution in [1.29, 1.82) is 0 Å². The molecule has 1 amide bonds. The summed E-state index contributed by atoms with van der Waals surface area (Å²) >= 11 is 5.83. The molecule has 25 heavy (non-hydrogen) atoms. The molecule has 0 spiro atoms. The number of carbonyl (C=O) groups is 1. The standard InChI is InChI=1S/C19H20ClNO4/c1-23-16-10-7-14(18(24-2)19(16)25-3)12-21-17(22)11-6-13-4-8-15(20)9-5-13/h4-11H,12H2,1-3H3,(H,21,22)/b11-6+. The fourth-order valence-corrected chi connectivity index (χ4v) is 2.42. The van der Waals surface area contributed by atoms with Gasteiger partial charge in [-0.1, -0.05) is 23.7 Å². The Kier molecular flexibility index (Phi) is 6.71. The first kappa shape index (κ1) is 18.7. The molecular formula is C19H20ClNO4. The Labute approximate surface area is 152 Å². The molecule has 0 aliphatic rings. The van der Waals surface area contributed by atoms with Crippen LogP contribution in [0.5, 0.6) is 17.2 Å². The van der Waals surface area contributed by atoms with Crippen molar-refractivity contribution < 1.29 is 19.0 Å². The van der Waals surface area contributed by atoms with E-state index in [9.17, 15) is 4.79 Å². The van der Waals surface area contributed by atoms with Gasteiger partial charge in [-0.2, -0.15) is 0 Å². The molecule has 2 aromatic carbocycles. The van der Waals surface area contributed by atoms with Gasteiger partial charge < -0.3 is 19.5 Å². The smallest absolute Gasteiger partial charge is 0.244 e. The van der Waals surface area contributed by atoms with Gasteiger partial charge in [-0.3, -0.25) is 4.79 Å². The Balaban J connectivity index is 2.05. The summed E-state index contributed by atoms with van der Waals surface area (Å²) in [5.41, 5.74) is 1.68. The van der Waals surface area contributed by atoms with E-state index in [1.165, 1.54) is 13.2 Å². The fourth-order valence-electron chi connectivity index (χ4n) is 2.29. The number of hydrogen-bond acceptors (Lipinski definition) is 4. The van der Waals surface area contributed by atoms with Crippen molar-refractivity contribution in [2.45, 2.75) is 6.54 Å². The molecule has 0 aliphatic carbocycles. The van der Waals surface area contributed by atoms with Crippen LogP contribution in [0.15, 0.2) is 42.5 Å². The molecule has 2 rings (SSSR count). The van der Waals surface area contributed by atoms with E-state index in [4.69, 9.17) is 25.8 Å². The van der Waals surface area contributed by atoms with E-state index in [1.54, 1.807) is 38.5 Å². The van der Waals surface area contributed by atoms with Gasteiger partial charge in [0.05, 0.1) is 21.3 Å². The molecular weight excluding hydrogens is 342 g/mol. The molecule has 0 heterocycles. The topological polar surface area (TPSA) is 56.8 Å². The van der Waals surface area contributed by atoms with Crippen LogP contribution in [0.4, 0.5) is 0 Å². The lowest BCUT2D eigenvalue weighted by molar-refractivity contribution is -0.116. The van der Waals surface area contributed by atoms with Crippen LogP contribution in [0.2, 0.25) is 5.02 Å². The normalized spacial score (nSPS) is 10.6.